The van der Waals surface area contributed by atoms with E-state index in [2.05, 4.69) is 15.9 Å². The molecule has 0 unspecified atom stereocenters. The lowest BCUT2D eigenvalue weighted by Gasteiger charge is -2.03. The molecule has 0 spiro atoms. The fourth-order valence-corrected chi connectivity index (χ4v) is 3.46. The minimum absolute atomic E-state index is 0.152. The Hall–Kier alpha value is -1.13. The quantitative estimate of drug-likeness (QED) is 0.786. The zero-order valence-electron chi connectivity index (χ0n) is 10.2. The maximum absolute atomic E-state index is 12.2. The highest BCUT2D eigenvalue weighted by molar-refractivity contribution is 9.11. The van der Waals surface area contributed by atoms with Gasteiger partial charge in [-0.25, -0.2) is 0 Å². The summed E-state index contributed by atoms with van der Waals surface area (Å²) in [7, 11) is 1.63. The second-order valence-corrected chi connectivity index (χ2v) is 6.60. The van der Waals surface area contributed by atoms with E-state index in [9.17, 15) is 4.79 Å². The summed E-state index contributed by atoms with van der Waals surface area (Å²) in [5.74, 6) is 0.959. The topological polar surface area (TPSA) is 26.3 Å². The summed E-state index contributed by atoms with van der Waals surface area (Å²) in [4.78, 5) is 13.2. The predicted octanol–water partition coefficient (Wildman–Crippen LogP) is 4.25. The van der Waals surface area contributed by atoms with Crippen LogP contribution < -0.4 is 4.74 Å². The Kier molecular flexibility index (Phi) is 4.19. The van der Waals surface area contributed by atoms with Crippen LogP contribution in [-0.2, 0) is 6.42 Å². The molecule has 2 aromatic rings. The van der Waals surface area contributed by atoms with Crippen LogP contribution in [0, 0.1) is 6.92 Å². The summed E-state index contributed by atoms with van der Waals surface area (Å²) in [6.07, 6.45) is 0.425. The van der Waals surface area contributed by atoms with E-state index in [1.807, 2.05) is 37.3 Å². The van der Waals surface area contributed by atoms with Crippen molar-refractivity contribution in [3.8, 4) is 5.75 Å². The molecule has 0 atom stereocenters. The molecule has 2 rings (SSSR count). The van der Waals surface area contributed by atoms with Gasteiger partial charge in [-0.15, -0.1) is 11.3 Å². The molecule has 2 nitrogen and oxygen atoms in total. The largest absolute Gasteiger partial charge is 0.497 e. The second kappa shape index (κ2) is 5.67. The monoisotopic (exact) mass is 324 g/mol. The van der Waals surface area contributed by atoms with Crippen molar-refractivity contribution in [1.29, 1.82) is 0 Å². The number of rotatable bonds is 4. The van der Waals surface area contributed by atoms with Crippen molar-refractivity contribution in [1.82, 2.24) is 0 Å². The molecule has 0 radical (unpaired) electrons. The number of hydrogen-bond acceptors (Lipinski definition) is 3. The zero-order chi connectivity index (χ0) is 13.1. The molecule has 0 bridgehead atoms. The fraction of sp³-hybridized carbons (Fsp3) is 0.214. The molecule has 0 saturated carbocycles. The van der Waals surface area contributed by atoms with Gasteiger partial charge in [0.1, 0.15) is 5.75 Å². The predicted molar refractivity (Wildman–Crippen MR) is 77.8 cm³/mol. The van der Waals surface area contributed by atoms with E-state index in [4.69, 9.17) is 4.74 Å². The van der Waals surface area contributed by atoms with Crippen LogP contribution in [0.1, 0.15) is 20.8 Å². The third-order valence-corrected chi connectivity index (χ3v) is 4.27. The van der Waals surface area contributed by atoms with Crippen LogP contribution in [0.4, 0.5) is 0 Å². The molecule has 0 aliphatic rings. The zero-order valence-corrected chi connectivity index (χ0v) is 12.6. The van der Waals surface area contributed by atoms with E-state index >= 15 is 0 Å². The van der Waals surface area contributed by atoms with E-state index < -0.39 is 0 Å². The number of ether oxygens (including phenoxy) is 1. The summed E-state index contributed by atoms with van der Waals surface area (Å²) < 4.78 is 6.09. The van der Waals surface area contributed by atoms with Crippen molar-refractivity contribution in [2.45, 2.75) is 13.3 Å². The van der Waals surface area contributed by atoms with Crippen molar-refractivity contribution in [3.05, 3.63) is 50.1 Å². The standard InChI is InChI=1S/C14H13BrO2S/c1-9-12(8-14(15)18-9)13(16)7-10-3-5-11(17-2)6-4-10/h3-6,8H,7H2,1-2H3. The molecule has 0 saturated heterocycles. The lowest BCUT2D eigenvalue weighted by Crippen LogP contribution is -2.03. The average Bonchev–Trinajstić information content (AvgIpc) is 2.69. The summed E-state index contributed by atoms with van der Waals surface area (Å²) in [6.45, 7) is 1.97. The molecular formula is C14H13BrO2S. The number of methoxy groups -OCH3 is 1. The molecule has 4 heteroatoms. The molecule has 0 aliphatic carbocycles. The summed E-state index contributed by atoms with van der Waals surface area (Å²) in [6, 6.07) is 9.49. The van der Waals surface area contributed by atoms with Gasteiger partial charge in [0.25, 0.3) is 0 Å². The van der Waals surface area contributed by atoms with Crippen molar-refractivity contribution >= 4 is 33.0 Å². The molecule has 18 heavy (non-hydrogen) atoms. The van der Waals surface area contributed by atoms with Gasteiger partial charge in [0.05, 0.1) is 10.9 Å². The number of ketones is 1. The smallest absolute Gasteiger partial charge is 0.168 e. The molecule has 1 aromatic carbocycles. The Labute approximate surface area is 119 Å². The normalized spacial score (nSPS) is 10.4. The van der Waals surface area contributed by atoms with Gasteiger partial charge in [-0.3, -0.25) is 4.79 Å². The lowest BCUT2D eigenvalue weighted by molar-refractivity contribution is 0.0993. The van der Waals surface area contributed by atoms with Crippen molar-refractivity contribution in [2.24, 2.45) is 0 Å². The van der Waals surface area contributed by atoms with Crippen LogP contribution in [-0.4, -0.2) is 12.9 Å². The number of benzene rings is 1. The summed E-state index contributed by atoms with van der Waals surface area (Å²) in [5.41, 5.74) is 1.81. The number of thiophene rings is 1. The fourth-order valence-electron chi connectivity index (χ4n) is 1.75. The molecule has 94 valence electrons. The van der Waals surface area contributed by atoms with E-state index in [1.165, 1.54) is 0 Å². The minimum Gasteiger partial charge on any atom is -0.497 e. The number of halogens is 1. The molecule has 0 amide bonds. The van der Waals surface area contributed by atoms with E-state index in [-0.39, 0.29) is 5.78 Å². The first kappa shape index (κ1) is 13.3. The third kappa shape index (κ3) is 3.00. The minimum atomic E-state index is 0.152. The SMILES string of the molecule is COc1ccc(CC(=O)c2cc(Br)sc2C)cc1. The Bertz CT molecular complexity index is 558. The highest BCUT2D eigenvalue weighted by atomic mass is 79.9. The highest BCUT2D eigenvalue weighted by Gasteiger charge is 2.13. The van der Waals surface area contributed by atoms with Gasteiger partial charge in [-0.05, 0) is 46.6 Å². The molecule has 0 N–H and O–H groups in total. The highest BCUT2D eigenvalue weighted by Crippen LogP contribution is 2.27. The third-order valence-electron chi connectivity index (χ3n) is 2.71. The van der Waals surface area contributed by atoms with E-state index in [0.717, 1.165) is 25.5 Å². The van der Waals surface area contributed by atoms with Crippen LogP contribution in [0.5, 0.6) is 5.75 Å². The lowest BCUT2D eigenvalue weighted by atomic mass is 10.0. The Morgan fingerprint density at radius 3 is 2.50 bits per heavy atom. The first-order valence-corrected chi connectivity index (χ1v) is 7.13. The van der Waals surface area contributed by atoms with Gasteiger partial charge in [0.2, 0.25) is 0 Å². The van der Waals surface area contributed by atoms with E-state index in [1.54, 1.807) is 18.4 Å². The van der Waals surface area contributed by atoms with Gasteiger partial charge >= 0.3 is 0 Å². The van der Waals surface area contributed by atoms with Crippen molar-refractivity contribution in [3.63, 3.8) is 0 Å². The summed E-state index contributed by atoms with van der Waals surface area (Å²) in [5, 5.41) is 0. The average molecular weight is 325 g/mol. The first-order valence-electron chi connectivity index (χ1n) is 5.52. The van der Waals surface area contributed by atoms with Crippen molar-refractivity contribution in [2.75, 3.05) is 7.11 Å². The van der Waals surface area contributed by atoms with Crippen LogP contribution in [0.25, 0.3) is 0 Å². The number of aryl methyl sites for hydroxylation is 1. The molecule has 0 aliphatic heterocycles. The Morgan fingerprint density at radius 1 is 1.33 bits per heavy atom. The van der Waals surface area contributed by atoms with Crippen molar-refractivity contribution < 1.29 is 9.53 Å². The van der Waals surface area contributed by atoms with Gasteiger partial charge in [-0.2, -0.15) is 0 Å². The van der Waals surface area contributed by atoms with Crippen LogP contribution in [0.15, 0.2) is 34.1 Å². The van der Waals surface area contributed by atoms with Crippen LogP contribution >= 0.6 is 27.3 Å². The van der Waals surface area contributed by atoms with Crippen LogP contribution in [0.2, 0.25) is 0 Å². The number of hydrogen-bond donors (Lipinski definition) is 0. The van der Waals surface area contributed by atoms with Crippen LogP contribution in [0.3, 0.4) is 0 Å². The maximum Gasteiger partial charge on any atom is 0.168 e. The Balaban J connectivity index is 2.13. The molecule has 0 fully saturated rings. The molecular weight excluding hydrogens is 312 g/mol. The summed E-state index contributed by atoms with van der Waals surface area (Å²) >= 11 is 5.00. The van der Waals surface area contributed by atoms with Gasteiger partial charge < -0.3 is 4.74 Å². The molecule has 1 aromatic heterocycles. The van der Waals surface area contributed by atoms with Gasteiger partial charge in [0.15, 0.2) is 5.78 Å². The number of carbonyl (C=O) groups excluding carboxylic acids is 1. The van der Waals surface area contributed by atoms with Gasteiger partial charge in [0, 0.05) is 16.9 Å². The van der Waals surface area contributed by atoms with Gasteiger partial charge in [-0.1, -0.05) is 12.1 Å². The van der Waals surface area contributed by atoms with E-state index in [0.29, 0.717) is 6.42 Å². The molecule has 1 heterocycles. The number of carbonyl (C=O) groups is 1. The maximum atomic E-state index is 12.2. The first-order chi connectivity index (χ1) is 8.60. The Morgan fingerprint density at radius 2 is 2.00 bits per heavy atom. The number of Topliss-reactive ketones (excluding diaryl/α,β-unsaturated/α-hetero) is 1. The second-order valence-electron chi connectivity index (χ2n) is 3.97.